The highest BCUT2D eigenvalue weighted by Crippen LogP contribution is 2.45. The maximum absolute atomic E-state index is 13.3. The van der Waals surface area contributed by atoms with E-state index in [1.807, 2.05) is 52.6 Å². The van der Waals surface area contributed by atoms with E-state index in [1.54, 1.807) is 34.6 Å². The van der Waals surface area contributed by atoms with Gasteiger partial charge in [-0.25, -0.2) is 15.0 Å². The summed E-state index contributed by atoms with van der Waals surface area (Å²) in [6, 6.07) is 11.3. The topological polar surface area (TPSA) is 84.9 Å². The van der Waals surface area contributed by atoms with Gasteiger partial charge in [0.25, 0.3) is 0 Å². The first-order chi connectivity index (χ1) is 14.9. The molecule has 0 atom stereocenters. The van der Waals surface area contributed by atoms with Crippen LogP contribution in [0.2, 0.25) is 0 Å². The summed E-state index contributed by atoms with van der Waals surface area (Å²) >= 11 is 2.70. The number of aromatic nitrogens is 1. The third-order valence-corrected chi connectivity index (χ3v) is 6.02. The number of pyridine rings is 1. The van der Waals surface area contributed by atoms with Crippen LogP contribution in [0.3, 0.4) is 0 Å². The van der Waals surface area contributed by atoms with Crippen LogP contribution in [-0.2, 0) is 0 Å². The van der Waals surface area contributed by atoms with E-state index < -0.39 is 0 Å². The SMILES string of the molecule is CSc1c(C#N)c(N=CN(C)C)nc2sc(C(=O)c3ccccc3)c(N=CN(C)C)c12. The third kappa shape index (κ3) is 4.76. The van der Waals surface area contributed by atoms with Gasteiger partial charge in [-0.15, -0.1) is 23.1 Å². The Morgan fingerprint density at radius 2 is 1.77 bits per heavy atom. The zero-order valence-electron chi connectivity index (χ0n) is 17.9. The van der Waals surface area contributed by atoms with Crippen molar-refractivity contribution in [2.24, 2.45) is 9.98 Å². The van der Waals surface area contributed by atoms with Crippen LogP contribution in [0.4, 0.5) is 11.5 Å². The molecule has 0 aliphatic rings. The van der Waals surface area contributed by atoms with Crippen molar-refractivity contribution in [2.45, 2.75) is 4.90 Å². The summed E-state index contributed by atoms with van der Waals surface area (Å²) in [7, 11) is 7.41. The summed E-state index contributed by atoms with van der Waals surface area (Å²) in [6.45, 7) is 0. The molecule has 2 aromatic heterocycles. The van der Waals surface area contributed by atoms with Crippen molar-refractivity contribution in [3.8, 4) is 6.07 Å². The maximum atomic E-state index is 13.3. The molecule has 0 radical (unpaired) electrons. The first-order valence-electron chi connectivity index (χ1n) is 9.33. The van der Waals surface area contributed by atoms with Crippen LogP contribution in [0.15, 0.2) is 45.2 Å². The fourth-order valence-electron chi connectivity index (χ4n) is 2.81. The molecule has 0 spiro atoms. The standard InChI is InChI=1S/C22H22N6OS2/c1-27(2)12-24-17-16-19(30-5)15(11-23)21(25-13-28(3)4)26-22(16)31-20(17)18(29)14-9-7-6-8-10-14/h6-10,12-13H,1-5H3. The van der Waals surface area contributed by atoms with Crippen molar-refractivity contribution >= 4 is 63.3 Å². The predicted molar refractivity (Wildman–Crippen MR) is 130 cm³/mol. The molecule has 0 aliphatic carbocycles. The number of carbonyl (C=O) groups excluding carboxylic acids is 1. The highest BCUT2D eigenvalue weighted by Gasteiger charge is 2.25. The molecule has 0 aliphatic heterocycles. The van der Waals surface area contributed by atoms with Crippen molar-refractivity contribution in [1.29, 1.82) is 5.26 Å². The highest BCUT2D eigenvalue weighted by atomic mass is 32.2. The first kappa shape index (κ1) is 22.5. The Labute approximate surface area is 189 Å². The molecule has 0 amide bonds. The lowest BCUT2D eigenvalue weighted by molar-refractivity contribution is 0.104. The van der Waals surface area contributed by atoms with Crippen LogP contribution in [-0.4, -0.2) is 67.7 Å². The molecule has 158 valence electrons. The Bertz CT molecular complexity index is 1210. The Balaban J connectivity index is 2.36. The van der Waals surface area contributed by atoms with Crippen molar-refractivity contribution in [3.05, 3.63) is 46.3 Å². The van der Waals surface area contributed by atoms with Crippen LogP contribution < -0.4 is 0 Å². The Kier molecular flexibility index (Phi) is 7.05. The summed E-state index contributed by atoms with van der Waals surface area (Å²) in [4.78, 5) is 32.3. The molecule has 0 saturated carbocycles. The first-order valence-corrected chi connectivity index (χ1v) is 11.4. The van der Waals surface area contributed by atoms with E-state index >= 15 is 0 Å². The number of nitriles is 1. The number of nitrogens with zero attached hydrogens (tertiary/aromatic N) is 6. The van der Waals surface area contributed by atoms with Crippen LogP contribution >= 0.6 is 23.1 Å². The number of aliphatic imine (C=N–C) groups is 2. The summed E-state index contributed by atoms with van der Waals surface area (Å²) < 4.78 is 0. The average Bonchev–Trinajstić information content (AvgIpc) is 3.13. The molecule has 9 heteroatoms. The van der Waals surface area contributed by atoms with Gasteiger partial charge in [-0.2, -0.15) is 5.26 Å². The van der Waals surface area contributed by atoms with Gasteiger partial charge in [0, 0.05) is 38.6 Å². The minimum absolute atomic E-state index is 0.126. The van der Waals surface area contributed by atoms with Gasteiger partial charge in [-0.1, -0.05) is 30.3 Å². The Morgan fingerprint density at radius 1 is 1.13 bits per heavy atom. The number of thiophene rings is 1. The fraction of sp³-hybridized carbons (Fsp3) is 0.227. The van der Waals surface area contributed by atoms with Crippen LogP contribution in [0, 0.1) is 11.3 Å². The van der Waals surface area contributed by atoms with E-state index in [2.05, 4.69) is 21.0 Å². The second-order valence-corrected chi connectivity index (χ2v) is 8.84. The summed E-state index contributed by atoms with van der Waals surface area (Å²) in [5.41, 5.74) is 1.47. The Hall–Kier alpha value is -3.22. The molecule has 0 N–H and O–H groups in total. The molecule has 0 bridgehead atoms. The highest BCUT2D eigenvalue weighted by molar-refractivity contribution is 7.99. The molecule has 1 aromatic carbocycles. The predicted octanol–water partition coefficient (Wildman–Crippen LogP) is 4.56. The number of thioether (sulfide) groups is 1. The number of rotatable bonds is 7. The zero-order valence-corrected chi connectivity index (χ0v) is 19.6. The van der Waals surface area contributed by atoms with Gasteiger partial charge in [0.15, 0.2) is 5.82 Å². The fourth-order valence-corrected chi connectivity index (χ4v) is 4.70. The van der Waals surface area contributed by atoms with Gasteiger partial charge >= 0.3 is 0 Å². The van der Waals surface area contributed by atoms with Gasteiger partial charge in [0.2, 0.25) is 5.78 Å². The maximum Gasteiger partial charge on any atom is 0.205 e. The number of carbonyl (C=O) groups is 1. The van der Waals surface area contributed by atoms with Crippen molar-refractivity contribution in [1.82, 2.24) is 14.8 Å². The molecular weight excluding hydrogens is 428 g/mol. The molecule has 7 nitrogen and oxygen atoms in total. The molecule has 0 unspecified atom stereocenters. The minimum Gasteiger partial charge on any atom is -0.369 e. The van der Waals surface area contributed by atoms with Crippen LogP contribution in [0.25, 0.3) is 10.2 Å². The molecule has 31 heavy (non-hydrogen) atoms. The largest absolute Gasteiger partial charge is 0.369 e. The second-order valence-electron chi connectivity index (χ2n) is 7.03. The van der Waals surface area contributed by atoms with E-state index in [4.69, 9.17) is 0 Å². The quantitative estimate of drug-likeness (QED) is 0.227. The van der Waals surface area contributed by atoms with Gasteiger partial charge in [-0.3, -0.25) is 4.79 Å². The molecular formula is C22H22N6OS2. The van der Waals surface area contributed by atoms with Gasteiger partial charge in [0.1, 0.15) is 21.3 Å². The van der Waals surface area contributed by atoms with Crippen LogP contribution in [0.5, 0.6) is 0 Å². The molecule has 0 fully saturated rings. The summed E-state index contributed by atoms with van der Waals surface area (Å²) in [6.07, 6.45) is 5.15. The van der Waals surface area contributed by atoms with Gasteiger partial charge < -0.3 is 9.80 Å². The normalized spacial score (nSPS) is 11.4. The molecule has 3 aromatic rings. The number of hydrogen-bond acceptors (Lipinski definition) is 7. The number of fused-ring (bicyclic) bond motifs is 1. The lowest BCUT2D eigenvalue weighted by atomic mass is 10.1. The number of ketones is 1. The molecule has 2 heterocycles. The zero-order chi connectivity index (χ0) is 22.5. The van der Waals surface area contributed by atoms with E-state index in [0.717, 1.165) is 0 Å². The minimum atomic E-state index is -0.126. The smallest absolute Gasteiger partial charge is 0.205 e. The van der Waals surface area contributed by atoms with Crippen LogP contribution in [0.1, 0.15) is 20.8 Å². The van der Waals surface area contributed by atoms with E-state index in [-0.39, 0.29) is 5.78 Å². The monoisotopic (exact) mass is 450 g/mol. The second kappa shape index (κ2) is 9.73. The van der Waals surface area contributed by atoms with E-state index in [9.17, 15) is 10.1 Å². The summed E-state index contributed by atoms with van der Waals surface area (Å²) in [5.74, 6) is 0.203. The molecule has 3 rings (SSSR count). The number of hydrogen-bond donors (Lipinski definition) is 0. The van der Waals surface area contributed by atoms with Crippen molar-refractivity contribution in [2.75, 3.05) is 34.4 Å². The lowest BCUT2D eigenvalue weighted by Crippen LogP contribution is -2.07. The van der Waals surface area contributed by atoms with Crippen molar-refractivity contribution < 1.29 is 4.79 Å². The van der Waals surface area contributed by atoms with Gasteiger partial charge in [0.05, 0.1) is 23.8 Å². The van der Waals surface area contributed by atoms with Crippen molar-refractivity contribution in [3.63, 3.8) is 0 Å². The lowest BCUT2D eigenvalue weighted by Gasteiger charge is -2.08. The van der Waals surface area contributed by atoms with E-state index in [0.29, 0.717) is 42.6 Å². The summed E-state index contributed by atoms with van der Waals surface area (Å²) in [5, 5.41) is 10.6. The Morgan fingerprint density at radius 3 is 2.35 bits per heavy atom. The van der Waals surface area contributed by atoms with Gasteiger partial charge in [-0.05, 0) is 6.26 Å². The third-order valence-electron chi connectivity index (χ3n) is 4.14. The number of benzene rings is 1. The molecule has 0 saturated heterocycles. The average molecular weight is 451 g/mol. The van der Waals surface area contributed by atoms with E-state index in [1.165, 1.54) is 23.1 Å².